The Morgan fingerprint density at radius 3 is 2.26 bits per heavy atom. The third-order valence-electron chi connectivity index (χ3n) is 3.19. The average molecular weight is 310 g/mol. The van der Waals surface area contributed by atoms with Crippen molar-refractivity contribution in [1.82, 2.24) is 0 Å². The molecule has 5 nitrogen and oxygen atoms in total. The fourth-order valence-electron chi connectivity index (χ4n) is 1.90. The highest BCUT2D eigenvalue weighted by Crippen LogP contribution is 2.13. The van der Waals surface area contributed by atoms with E-state index in [1.54, 1.807) is 36.4 Å². The molecule has 0 N–H and O–H groups in total. The van der Waals surface area contributed by atoms with Crippen molar-refractivity contribution >= 4 is 11.7 Å². The molecule has 0 aromatic heterocycles. The van der Waals surface area contributed by atoms with Crippen molar-refractivity contribution < 1.29 is 14.3 Å². The molecule has 0 fully saturated rings. The van der Waals surface area contributed by atoms with Gasteiger partial charge in [-0.3, -0.25) is 0 Å². The average Bonchev–Trinajstić information content (AvgIpc) is 2.59. The SMILES string of the molecule is CN(C)c1ccc(C(=O)OCCOc2ccc(C#N)cc2)cc1. The Hall–Kier alpha value is -3.00. The molecule has 118 valence electrons. The Morgan fingerprint density at radius 1 is 1.04 bits per heavy atom. The van der Waals surface area contributed by atoms with Gasteiger partial charge in [0.05, 0.1) is 17.2 Å². The summed E-state index contributed by atoms with van der Waals surface area (Å²) in [5, 5.41) is 8.71. The number of hydrogen-bond donors (Lipinski definition) is 0. The van der Waals surface area contributed by atoms with E-state index in [1.807, 2.05) is 37.2 Å². The quantitative estimate of drug-likeness (QED) is 0.606. The molecule has 0 aliphatic rings. The zero-order chi connectivity index (χ0) is 16.7. The first-order chi connectivity index (χ1) is 11.1. The lowest BCUT2D eigenvalue weighted by Crippen LogP contribution is -2.13. The van der Waals surface area contributed by atoms with Crippen molar-refractivity contribution in [2.75, 3.05) is 32.2 Å². The van der Waals surface area contributed by atoms with Crippen LogP contribution in [0.4, 0.5) is 5.69 Å². The maximum absolute atomic E-state index is 11.9. The Labute approximate surface area is 135 Å². The van der Waals surface area contributed by atoms with Crippen molar-refractivity contribution in [3.63, 3.8) is 0 Å². The first-order valence-corrected chi connectivity index (χ1v) is 7.17. The van der Waals surface area contributed by atoms with E-state index in [0.29, 0.717) is 16.9 Å². The molecule has 0 unspecified atom stereocenters. The van der Waals surface area contributed by atoms with Crippen LogP contribution in [0.2, 0.25) is 0 Å². The van der Waals surface area contributed by atoms with E-state index >= 15 is 0 Å². The summed E-state index contributed by atoms with van der Waals surface area (Å²) in [6, 6.07) is 16.0. The van der Waals surface area contributed by atoms with Gasteiger partial charge in [-0.25, -0.2) is 4.79 Å². The predicted molar refractivity (Wildman–Crippen MR) is 87.7 cm³/mol. The van der Waals surface area contributed by atoms with Gasteiger partial charge in [-0.1, -0.05) is 0 Å². The number of esters is 1. The third kappa shape index (κ3) is 4.75. The lowest BCUT2D eigenvalue weighted by molar-refractivity contribution is 0.0450. The van der Waals surface area contributed by atoms with Gasteiger partial charge < -0.3 is 14.4 Å². The van der Waals surface area contributed by atoms with Crippen molar-refractivity contribution in [2.24, 2.45) is 0 Å². The Morgan fingerprint density at radius 2 is 1.70 bits per heavy atom. The number of rotatable bonds is 6. The van der Waals surface area contributed by atoms with Crippen LogP contribution < -0.4 is 9.64 Å². The third-order valence-corrected chi connectivity index (χ3v) is 3.19. The van der Waals surface area contributed by atoms with Crippen LogP contribution in [0, 0.1) is 11.3 Å². The van der Waals surface area contributed by atoms with E-state index in [9.17, 15) is 4.79 Å². The molecule has 0 aliphatic heterocycles. The van der Waals surface area contributed by atoms with Crippen molar-refractivity contribution in [1.29, 1.82) is 5.26 Å². The van der Waals surface area contributed by atoms with E-state index in [-0.39, 0.29) is 19.2 Å². The number of anilines is 1. The number of nitrogens with zero attached hydrogens (tertiary/aromatic N) is 2. The fraction of sp³-hybridized carbons (Fsp3) is 0.222. The molecule has 2 aromatic rings. The van der Waals surface area contributed by atoms with Crippen LogP contribution in [0.5, 0.6) is 5.75 Å². The van der Waals surface area contributed by atoms with Gasteiger partial charge >= 0.3 is 5.97 Å². The first kappa shape index (κ1) is 16.4. The summed E-state index contributed by atoms with van der Waals surface area (Å²) in [5.41, 5.74) is 2.10. The minimum atomic E-state index is -0.376. The van der Waals surface area contributed by atoms with E-state index in [0.717, 1.165) is 5.69 Å². The molecule has 23 heavy (non-hydrogen) atoms. The summed E-state index contributed by atoms with van der Waals surface area (Å²) in [6.07, 6.45) is 0. The lowest BCUT2D eigenvalue weighted by Gasteiger charge is -2.12. The number of ether oxygens (including phenoxy) is 2. The number of benzene rings is 2. The van der Waals surface area contributed by atoms with Crippen LogP contribution in [0.15, 0.2) is 48.5 Å². The number of carbonyl (C=O) groups excluding carboxylic acids is 1. The van der Waals surface area contributed by atoms with Gasteiger partial charge in [0.2, 0.25) is 0 Å². The van der Waals surface area contributed by atoms with Gasteiger partial charge in [-0.15, -0.1) is 0 Å². The summed E-state index contributed by atoms with van der Waals surface area (Å²) in [6.45, 7) is 0.418. The largest absolute Gasteiger partial charge is 0.490 e. The Kier molecular flexibility index (Phi) is 5.59. The minimum Gasteiger partial charge on any atom is -0.490 e. The minimum absolute atomic E-state index is 0.161. The molecule has 5 heteroatoms. The molecule has 0 saturated carbocycles. The highest BCUT2D eigenvalue weighted by molar-refractivity contribution is 5.89. The van der Waals surface area contributed by atoms with E-state index < -0.39 is 0 Å². The van der Waals surface area contributed by atoms with Crippen LogP contribution in [-0.2, 0) is 4.74 Å². The smallest absolute Gasteiger partial charge is 0.338 e. The van der Waals surface area contributed by atoms with Crippen molar-refractivity contribution in [2.45, 2.75) is 0 Å². The number of carbonyl (C=O) groups is 1. The van der Waals surface area contributed by atoms with Gasteiger partial charge in [-0.2, -0.15) is 5.26 Å². The summed E-state index contributed by atoms with van der Waals surface area (Å²) in [4.78, 5) is 13.9. The number of hydrogen-bond acceptors (Lipinski definition) is 5. The molecule has 0 atom stereocenters. The van der Waals surface area contributed by atoms with Crippen LogP contribution in [0.25, 0.3) is 0 Å². The highest BCUT2D eigenvalue weighted by Gasteiger charge is 2.07. The second kappa shape index (κ2) is 7.85. The standard InChI is InChI=1S/C18H18N2O3/c1-20(2)16-7-5-15(6-8-16)18(21)23-12-11-22-17-9-3-14(13-19)4-10-17/h3-10H,11-12H2,1-2H3. The summed E-state index contributed by atoms with van der Waals surface area (Å²) in [7, 11) is 3.88. The van der Waals surface area contributed by atoms with E-state index in [4.69, 9.17) is 14.7 Å². The molecule has 0 saturated heterocycles. The second-order valence-corrected chi connectivity index (χ2v) is 5.06. The number of nitriles is 1. The maximum atomic E-state index is 11.9. The Bertz CT molecular complexity index is 686. The zero-order valence-corrected chi connectivity index (χ0v) is 13.2. The van der Waals surface area contributed by atoms with Gasteiger partial charge in [0.25, 0.3) is 0 Å². The van der Waals surface area contributed by atoms with E-state index in [2.05, 4.69) is 0 Å². The van der Waals surface area contributed by atoms with Gasteiger partial charge in [0.1, 0.15) is 19.0 Å². The van der Waals surface area contributed by atoms with Gasteiger partial charge in [-0.05, 0) is 48.5 Å². The molecule has 0 spiro atoms. The highest BCUT2D eigenvalue weighted by atomic mass is 16.6. The van der Waals surface area contributed by atoms with E-state index in [1.165, 1.54) is 0 Å². The molecular formula is C18H18N2O3. The van der Waals surface area contributed by atoms with Crippen LogP contribution in [-0.4, -0.2) is 33.3 Å². The molecule has 0 aliphatic carbocycles. The van der Waals surface area contributed by atoms with Crippen LogP contribution >= 0.6 is 0 Å². The molecule has 0 amide bonds. The monoisotopic (exact) mass is 310 g/mol. The fourth-order valence-corrected chi connectivity index (χ4v) is 1.90. The summed E-state index contributed by atoms with van der Waals surface area (Å²) in [5.74, 6) is 0.258. The Balaban J connectivity index is 1.77. The topological polar surface area (TPSA) is 62.6 Å². The normalized spacial score (nSPS) is 9.78. The maximum Gasteiger partial charge on any atom is 0.338 e. The summed E-state index contributed by atoms with van der Waals surface area (Å²) >= 11 is 0. The second-order valence-electron chi connectivity index (χ2n) is 5.06. The molecule has 0 radical (unpaired) electrons. The lowest BCUT2D eigenvalue weighted by atomic mass is 10.2. The molecule has 0 bridgehead atoms. The first-order valence-electron chi connectivity index (χ1n) is 7.17. The zero-order valence-electron chi connectivity index (χ0n) is 13.2. The van der Waals surface area contributed by atoms with Crippen LogP contribution in [0.3, 0.4) is 0 Å². The van der Waals surface area contributed by atoms with Gasteiger partial charge in [0.15, 0.2) is 0 Å². The molecule has 2 aromatic carbocycles. The molecule has 2 rings (SSSR count). The summed E-state index contributed by atoms with van der Waals surface area (Å²) < 4.78 is 10.6. The van der Waals surface area contributed by atoms with Crippen LogP contribution in [0.1, 0.15) is 15.9 Å². The molecular weight excluding hydrogens is 292 g/mol. The van der Waals surface area contributed by atoms with Gasteiger partial charge in [0, 0.05) is 19.8 Å². The molecule has 0 heterocycles. The van der Waals surface area contributed by atoms with Crippen molar-refractivity contribution in [3.8, 4) is 11.8 Å². The van der Waals surface area contributed by atoms with Crippen molar-refractivity contribution in [3.05, 3.63) is 59.7 Å². The predicted octanol–water partition coefficient (Wildman–Crippen LogP) is 2.86.